The van der Waals surface area contributed by atoms with E-state index in [1.807, 2.05) is 0 Å². The second kappa shape index (κ2) is 10.7. The highest BCUT2D eigenvalue weighted by molar-refractivity contribution is 5.81. The fourth-order valence-corrected chi connectivity index (χ4v) is 5.27. The zero-order chi connectivity index (χ0) is 24.2. The summed E-state index contributed by atoms with van der Waals surface area (Å²) in [6.07, 6.45) is 4.87. The number of carbonyl (C=O) groups is 2. The standard InChI is InChI=1S/C24H40N2O7/c1-15(2)9-10-18-23(3,33-18)20-19(29-4)17(11-12-24(20)14-31-24)32-22(28)26-16(21(27)30-5)8-6-7-13-25/h9,16-20H,6-8,10-14,25H2,1-5H3,(H,26,28)/t16-,17?,18-,19?,20?,23+,24+/m1/s1. The summed E-state index contributed by atoms with van der Waals surface area (Å²) >= 11 is 0. The van der Waals surface area contributed by atoms with Crippen molar-refractivity contribution in [1.29, 1.82) is 0 Å². The molecule has 0 aromatic rings. The van der Waals surface area contributed by atoms with E-state index in [1.165, 1.54) is 12.7 Å². The summed E-state index contributed by atoms with van der Waals surface area (Å²) in [4.78, 5) is 24.8. The van der Waals surface area contributed by atoms with Crippen LogP contribution < -0.4 is 11.1 Å². The molecule has 3 unspecified atom stereocenters. The minimum Gasteiger partial charge on any atom is -0.467 e. The Morgan fingerprint density at radius 1 is 1.27 bits per heavy atom. The summed E-state index contributed by atoms with van der Waals surface area (Å²) in [5, 5.41) is 2.66. The van der Waals surface area contributed by atoms with Crippen LogP contribution in [-0.2, 0) is 28.5 Å². The van der Waals surface area contributed by atoms with Gasteiger partial charge in [0.1, 0.15) is 29.5 Å². The van der Waals surface area contributed by atoms with Crippen LogP contribution in [0.25, 0.3) is 0 Å². The van der Waals surface area contributed by atoms with Gasteiger partial charge in [-0.3, -0.25) is 0 Å². The summed E-state index contributed by atoms with van der Waals surface area (Å²) in [5.74, 6) is -0.557. The molecule has 3 N–H and O–H groups in total. The molecule has 0 bridgehead atoms. The Kier molecular flexibility index (Phi) is 8.42. The molecule has 9 heteroatoms. The molecule has 0 aromatic carbocycles. The van der Waals surface area contributed by atoms with E-state index >= 15 is 0 Å². The number of nitrogens with one attached hydrogen (secondary N) is 1. The molecule has 0 radical (unpaired) electrons. The molecule has 1 aliphatic carbocycles. The number of unbranched alkanes of at least 4 members (excludes halogenated alkanes) is 1. The lowest BCUT2D eigenvalue weighted by Crippen LogP contribution is -2.56. The first-order chi connectivity index (χ1) is 15.7. The molecule has 1 spiro atoms. The number of methoxy groups -OCH3 is 2. The fraction of sp³-hybridized carbons (Fsp3) is 0.833. The van der Waals surface area contributed by atoms with Crippen molar-refractivity contribution in [2.45, 2.75) is 94.9 Å². The van der Waals surface area contributed by atoms with Crippen LogP contribution in [0.1, 0.15) is 59.3 Å². The average Bonchev–Trinajstić information content (AvgIpc) is 3.69. The zero-order valence-electron chi connectivity index (χ0n) is 20.6. The van der Waals surface area contributed by atoms with Crippen molar-refractivity contribution in [1.82, 2.24) is 5.32 Å². The molecule has 1 saturated carbocycles. The molecule has 188 valence electrons. The smallest absolute Gasteiger partial charge is 0.408 e. The molecule has 7 atom stereocenters. The number of esters is 1. The van der Waals surface area contributed by atoms with Crippen LogP contribution in [0, 0.1) is 5.92 Å². The van der Waals surface area contributed by atoms with Gasteiger partial charge in [0.25, 0.3) is 0 Å². The van der Waals surface area contributed by atoms with E-state index in [9.17, 15) is 9.59 Å². The number of ether oxygens (including phenoxy) is 5. The third kappa shape index (κ3) is 5.88. The summed E-state index contributed by atoms with van der Waals surface area (Å²) in [6.45, 7) is 7.43. The minimum absolute atomic E-state index is 0.0573. The van der Waals surface area contributed by atoms with Crippen LogP contribution >= 0.6 is 0 Å². The first kappa shape index (κ1) is 25.9. The molecule has 33 heavy (non-hydrogen) atoms. The van der Waals surface area contributed by atoms with Gasteiger partial charge in [0, 0.05) is 7.11 Å². The maximum absolute atomic E-state index is 12.7. The number of rotatable bonds is 11. The summed E-state index contributed by atoms with van der Waals surface area (Å²) in [5.41, 5.74) is 6.09. The van der Waals surface area contributed by atoms with Crippen molar-refractivity contribution in [3.05, 3.63) is 11.6 Å². The number of allylic oxidation sites excluding steroid dienone is 1. The molecular weight excluding hydrogens is 428 g/mol. The maximum atomic E-state index is 12.7. The van der Waals surface area contributed by atoms with Crippen molar-refractivity contribution in [2.75, 3.05) is 27.4 Å². The quantitative estimate of drug-likeness (QED) is 0.205. The van der Waals surface area contributed by atoms with Gasteiger partial charge in [0.15, 0.2) is 0 Å². The van der Waals surface area contributed by atoms with Crippen molar-refractivity contribution in [3.63, 3.8) is 0 Å². The third-order valence-electron chi connectivity index (χ3n) is 7.22. The van der Waals surface area contributed by atoms with Gasteiger partial charge in [-0.2, -0.15) is 0 Å². The van der Waals surface area contributed by atoms with Gasteiger partial charge in [0.05, 0.1) is 25.7 Å². The van der Waals surface area contributed by atoms with Crippen LogP contribution in [0.4, 0.5) is 4.79 Å². The van der Waals surface area contributed by atoms with Gasteiger partial charge >= 0.3 is 12.1 Å². The number of hydrogen-bond acceptors (Lipinski definition) is 8. The van der Waals surface area contributed by atoms with Crippen molar-refractivity contribution in [3.8, 4) is 0 Å². The lowest BCUT2D eigenvalue weighted by atomic mass is 9.68. The predicted octanol–water partition coefficient (Wildman–Crippen LogP) is 2.46. The number of nitrogens with two attached hydrogens (primary N) is 1. The van der Waals surface area contributed by atoms with Gasteiger partial charge in [-0.15, -0.1) is 0 Å². The van der Waals surface area contributed by atoms with Crippen LogP contribution in [0.15, 0.2) is 11.6 Å². The predicted molar refractivity (Wildman–Crippen MR) is 122 cm³/mol. The molecule has 2 saturated heterocycles. The molecular formula is C24H40N2O7. The average molecular weight is 469 g/mol. The van der Waals surface area contributed by atoms with E-state index in [4.69, 9.17) is 29.4 Å². The van der Waals surface area contributed by atoms with Crippen LogP contribution in [0.3, 0.4) is 0 Å². The molecule has 2 heterocycles. The number of hydrogen-bond donors (Lipinski definition) is 2. The number of epoxide rings is 2. The van der Waals surface area contributed by atoms with Crippen LogP contribution in [0.2, 0.25) is 0 Å². The highest BCUT2D eigenvalue weighted by Gasteiger charge is 2.72. The Morgan fingerprint density at radius 2 is 2.00 bits per heavy atom. The third-order valence-corrected chi connectivity index (χ3v) is 7.22. The monoisotopic (exact) mass is 468 g/mol. The largest absolute Gasteiger partial charge is 0.467 e. The van der Waals surface area contributed by atoms with Gasteiger partial charge in [0.2, 0.25) is 0 Å². The maximum Gasteiger partial charge on any atom is 0.408 e. The summed E-state index contributed by atoms with van der Waals surface area (Å²) in [7, 11) is 2.93. The highest BCUT2D eigenvalue weighted by atomic mass is 16.6. The molecule has 2 aliphatic heterocycles. The second-order valence-corrected chi connectivity index (χ2v) is 9.83. The Balaban J connectivity index is 1.66. The van der Waals surface area contributed by atoms with E-state index in [1.54, 1.807) is 7.11 Å². The van der Waals surface area contributed by atoms with E-state index in [0.717, 1.165) is 19.3 Å². The van der Waals surface area contributed by atoms with Gasteiger partial charge in [-0.1, -0.05) is 11.6 Å². The molecule has 0 aromatic heterocycles. The van der Waals surface area contributed by atoms with E-state index in [2.05, 4.69) is 32.2 Å². The molecule has 3 aliphatic rings. The molecule has 1 amide bonds. The van der Waals surface area contributed by atoms with Crippen LogP contribution in [-0.4, -0.2) is 75.0 Å². The van der Waals surface area contributed by atoms with E-state index < -0.39 is 29.8 Å². The number of alkyl carbamates (subject to hydrolysis) is 1. The molecule has 3 fully saturated rings. The van der Waals surface area contributed by atoms with Gasteiger partial charge in [-0.25, -0.2) is 9.59 Å². The Hall–Kier alpha value is -1.68. The van der Waals surface area contributed by atoms with Crippen molar-refractivity contribution >= 4 is 12.1 Å². The van der Waals surface area contributed by atoms with Crippen LogP contribution in [0.5, 0.6) is 0 Å². The first-order valence-corrected chi connectivity index (χ1v) is 11.9. The van der Waals surface area contributed by atoms with Crippen molar-refractivity contribution < 1.29 is 33.3 Å². The SMILES string of the molecule is COC(=O)[C@@H](CCCCN)NC(=O)OC1CC[C@]2(CO2)C([C@@]2(C)O[C@@H]2CC=C(C)C)C1OC. The summed E-state index contributed by atoms with van der Waals surface area (Å²) < 4.78 is 28.7. The molecule has 9 nitrogen and oxygen atoms in total. The number of amides is 1. The number of carbonyl (C=O) groups excluding carboxylic acids is 2. The Labute approximate surface area is 196 Å². The lowest BCUT2D eigenvalue weighted by molar-refractivity contribution is -0.143. The molecule has 3 rings (SSSR count). The van der Waals surface area contributed by atoms with Crippen molar-refractivity contribution in [2.24, 2.45) is 11.7 Å². The first-order valence-electron chi connectivity index (χ1n) is 11.9. The lowest BCUT2D eigenvalue weighted by Gasteiger charge is -2.42. The zero-order valence-corrected chi connectivity index (χ0v) is 20.6. The normalized spacial score (nSPS) is 35.5. The van der Waals surface area contributed by atoms with E-state index in [0.29, 0.717) is 32.4 Å². The topological polar surface area (TPSA) is 125 Å². The fourth-order valence-electron chi connectivity index (χ4n) is 5.27. The van der Waals surface area contributed by atoms with Gasteiger partial charge < -0.3 is 34.7 Å². The van der Waals surface area contributed by atoms with Gasteiger partial charge in [-0.05, 0) is 65.8 Å². The minimum atomic E-state index is -0.773. The Bertz CT molecular complexity index is 734. The van der Waals surface area contributed by atoms with E-state index in [-0.39, 0.29) is 23.7 Å². The summed E-state index contributed by atoms with van der Waals surface area (Å²) in [6, 6.07) is -0.773. The highest BCUT2D eigenvalue weighted by Crippen LogP contribution is 2.59. The Morgan fingerprint density at radius 3 is 2.58 bits per heavy atom. The second-order valence-electron chi connectivity index (χ2n) is 9.83.